The van der Waals surface area contributed by atoms with E-state index in [0.29, 0.717) is 0 Å². The minimum Gasteiger partial charge on any atom is -0.495 e. The topological polar surface area (TPSA) is 128 Å². The molecule has 0 bridgehead atoms. The van der Waals surface area contributed by atoms with Crippen molar-refractivity contribution >= 4 is 27.3 Å². The minimum atomic E-state index is -4.29. The highest BCUT2D eigenvalue weighted by atomic mass is 32.2. The van der Waals surface area contributed by atoms with E-state index < -0.39 is 31.4 Å². The molecule has 0 aromatic heterocycles. The molecular formula is C21H19N3O6S. The number of nitro benzene ring substituents is 1. The van der Waals surface area contributed by atoms with E-state index in [1.807, 2.05) is 30.3 Å². The van der Waals surface area contributed by atoms with Crippen LogP contribution in [0.3, 0.4) is 0 Å². The summed E-state index contributed by atoms with van der Waals surface area (Å²) in [5.41, 5.74) is 0.610. The second-order valence-corrected chi connectivity index (χ2v) is 8.06. The lowest BCUT2D eigenvalue weighted by Gasteiger charge is -2.14. The second kappa shape index (κ2) is 9.26. The molecule has 0 radical (unpaired) electrons. The number of sulfonamides is 1. The van der Waals surface area contributed by atoms with Crippen LogP contribution in [-0.4, -0.2) is 26.4 Å². The van der Waals surface area contributed by atoms with Crippen molar-refractivity contribution in [3.63, 3.8) is 0 Å². The number of hydrogen-bond donors (Lipinski definition) is 2. The Balaban J connectivity index is 1.88. The Kier molecular flexibility index (Phi) is 6.51. The van der Waals surface area contributed by atoms with E-state index >= 15 is 0 Å². The van der Waals surface area contributed by atoms with Gasteiger partial charge >= 0.3 is 0 Å². The Labute approximate surface area is 178 Å². The first kappa shape index (κ1) is 21.8. The van der Waals surface area contributed by atoms with Gasteiger partial charge in [0.15, 0.2) is 0 Å². The maximum atomic E-state index is 13.0. The van der Waals surface area contributed by atoms with Crippen LogP contribution in [0.2, 0.25) is 0 Å². The zero-order valence-electron chi connectivity index (χ0n) is 16.4. The number of nitrogens with one attached hydrogen (secondary N) is 2. The molecule has 3 rings (SSSR count). The SMILES string of the molecule is COc1ccc([N+](=O)[O-])cc1S(=O)(=O)Nc1ccccc1C(=O)NCc1ccccc1. The Morgan fingerprint density at radius 2 is 1.71 bits per heavy atom. The largest absolute Gasteiger partial charge is 0.495 e. The molecule has 160 valence electrons. The third-order valence-electron chi connectivity index (χ3n) is 4.36. The molecule has 0 saturated carbocycles. The number of nitro groups is 1. The first-order valence-corrected chi connectivity index (χ1v) is 10.6. The molecule has 31 heavy (non-hydrogen) atoms. The molecule has 0 unspecified atom stereocenters. The van der Waals surface area contributed by atoms with Crippen molar-refractivity contribution in [1.29, 1.82) is 0 Å². The standard InChI is InChI=1S/C21H19N3O6S/c1-30-19-12-11-16(24(26)27)13-20(19)31(28,29)23-18-10-6-5-9-17(18)21(25)22-14-15-7-3-2-4-8-15/h2-13,23H,14H2,1H3,(H,22,25). The van der Waals surface area contributed by atoms with Gasteiger partial charge in [0.1, 0.15) is 10.6 Å². The first-order chi connectivity index (χ1) is 14.8. The van der Waals surface area contributed by atoms with Crippen LogP contribution in [0.5, 0.6) is 5.75 Å². The van der Waals surface area contributed by atoms with E-state index in [1.54, 1.807) is 12.1 Å². The summed E-state index contributed by atoms with van der Waals surface area (Å²) < 4.78 is 33.3. The van der Waals surface area contributed by atoms with Gasteiger partial charge in [-0.2, -0.15) is 0 Å². The lowest BCUT2D eigenvalue weighted by Crippen LogP contribution is -2.25. The summed E-state index contributed by atoms with van der Waals surface area (Å²) in [6, 6.07) is 18.6. The van der Waals surface area contributed by atoms with Crippen LogP contribution in [-0.2, 0) is 16.6 Å². The molecule has 3 aromatic rings. The molecule has 0 aliphatic carbocycles. The van der Waals surface area contributed by atoms with Gasteiger partial charge in [-0.05, 0) is 23.8 Å². The monoisotopic (exact) mass is 441 g/mol. The summed E-state index contributed by atoms with van der Waals surface area (Å²) in [7, 11) is -3.04. The molecular weight excluding hydrogens is 422 g/mol. The average molecular weight is 441 g/mol. The fourth-order valence-electron chi connectivity index (χ4n) is 2.83. The highest BCUT2D eigenvalue weighted by Gasteiger charge is 2.25. The van der Waals surface area contributed by atoms with Gasteiger partial charge in [-0.25, -0.2) is 8.42 Å². The molecule has 0 fully saturated rings. The van der Waals surface area contributed by atoms with Crippen LogP contribution >= 0.6 is 0 Å². The fourth-order valence-corrected chi connectivity index (χ4v) is 4.10. The Morgan fingerprint density at radius 1 is 1.03 bits per heavy atom. The van der Waals surface area contributed by atoms with Crippen molar-refractivity contribution in [1.82, 2.24) is 5.32 Å². The van der Waals surface area contributed by atoms with Crippen LogP contribution in [0.25, 0.3) is 0 Å². The average Bonchev–Trinajstić information content (AvgIpc) is 2.77. The predicted molar refractivity (Wildman–Crippen MR) is 115 cm³/mol. The van der Waals surface area contributed by atoms with Gasteiger partial charge in [0, 0.05) is 18.7 Å². The third-order valence-corrected chi connectivity index (χ3v) is 5.75. The van der Waals surface area contributed by atoms with Crippen molar-refractivity contribution < 1.29 is 22.9 Å². The summed E-state index contributed by atoms with van der Waals surface area (Å²) >= 11 is 0. The van der Waals surface area contributed by atoms with Gasteiger partial charge in [-0.3, -0.25) is 19.6 Å². The molecule has 1 amide bonds. The van der Waals surface area contributed by atoms with Gasteiger partial charge < -0.3 is 10.1 Å². The maximum Gasteiger partial charge on any atom is 0.271 e. The lowest BCUT2D eigenvalue weighted by molar-refractivity contribution is -0.385. The molecule has 0 aliphatic heterocycles. The van der Waals surface area contributed by atoms with Crippen LogP contribution in [0, 0.1) is 10.1 Å². The number of amides is 1. The van der Waals surface area contributed by atoms with E-state index in [-0.39, 0.29) is 23.5 Å². The summed E-state index contributed by atoms with van der Waals surface area (Å²) in [4.78, 5) is 22.6. The molecule has 0 heterocycles. The molecule has 3 aromatic carbocycles. The summed E-state index contributed by atoms with van der Waals surface area (Å²) in [5.74, 6) is -0.544. The van der Waals surface area contributed by atoms with Crippen LogP contribution < -0.4 is 14.8 Å². The number of para-hydroxylation sites is 1. The zero-order chi connectivity index (χ0) is 22.4. The second-order valence-electron chi connectivity index (χ2n) is 6.41. The smallest absolute Gasteiger partial charge is 0.271 e. The molecule has 9 nitrogen and oxygen atoms in total. The van der Waals surface area contributed by atoms with E-state index in [2.05, 4.69) is 10.0 Å². The number of nitrogens with zero attached hydrogens (tertiary/aromatic N) is 1. The number of anilines is 1. The molecule has 0 spiro atoms. The highest BCUT2D eigenvalue weighted by Crippen LogP contribution is 2.30. The summed E-state index contributed by atoms with van der Waals surface area (Å²) in [6.07, 6.45) is 0. The first-order valence-electron chi connectivity index (χ1n) is 9.08. The number of hydrogen-bond acceptors (Lipinski definition) is 6. The fraction of sp³-hybridized carbons (Fsp3) is 0.0952. The summed E-state index contributed by atoms with van der Waals surface area (Å²) in [5, 5.41) is 13.8. The molecule has 0 saturated heterocycles. The third kappa shape index (κ3) is 5.17. The van der Waals surface area contributed by atoms with Crippen LogP contribution in [0.15, 0.2) is 77.7 Å². The normalized spacial score (nSPS) is 10.9. The molecule has 2 N–H and O–H groups in total. The van der Waals surface area contributed by atoms with Crippen LogP contribution in [0.1, 0.15) is 15.9 Å². The van der Waals surface area contributed by atoms with Gasteiger partial charge in [0.05, 0.1) is 23.3 Å². The molecule has 0 aliphatic rings. The van der Waals surface area contributed by atoms with Crippen molar-refractivity contribution in [2.45, 2.75) is 11.4 Å². The van der Waals surface area contributed by atoms with Gasteiger partial charge in [0.25, 0.3) is 21.6 Å². The zero-order valence-corrected chi connectivity index (χ0v) is 17.3. The van der Waals surface area contributed by atoms with E-state index in [4.69, 9.17) is 4.74 Å². The highest BCUT2D eigenvalue weighted by molar-refractivity contribution is 7.92. The number of carbonyl (C=O) groups excluding carboxylic acids is 1. The van der Waals surface area contributed by atoms with Crippen molar-refractivity contribution in [2.24, 2.45) is 0 Å². The Hall–Kier alpha value is -3.92. The summed E-state index contributed by atoms with van der Waals surface area (Å²) in [6.45, 7) is 0.263. The Bertz CT molecular complexity index is 1210. The number of benzene rings is 3. The number of methoxy groups -OCH3 is 1. The Morgan fingerprint density at radius 3 is 2.39 bits per heavy atom. The lowest BCUT2D eigenvalue weighted by atomic mass is 10.1. The number of ether oxygens (including phenoxy) is 1. The maximum absolute atomic E-state index is 13.0. The predicted octanol–water partition coefficient (Wildman–Crippen LogP) is 3.33. The quantitative estimate of drug-likeness (QED) is 0.408. The van der Waals surface area contributed by atoms with Crippen molar-refractivity contribution in [3.8, 4) is 5.75 Å². The van der Waals surface area contributed by atoms with Crippen molar-refractivity contribution in [3.05, 3.63) is 94.0 Å². The minimum absolute atomic E-state index is 0.0293. The molecule has 10 heteroatoms. The van der Waals surface area contributed by atoms with Crippen LogP contribution in [0.4, 0.5) is 11.4 Å². The van der Waals surface area contributed by atoms with E-state index in [1.165, 1.54) is 25.3 Å². The molecule has 0 atom stereocenters. The number of rotatable bonds is 8. The van der Waals surface area contributed by atoms with E-state index in [0.717, 1.165) is 17.7 Å². The van der Waals surface area contributed by atoms with Gasteiger partial charge in [-0.1, -0.05) is 42.5 Å². The number of non-ortho nitro benzene ring substituents is 1. The van der Waals surface area contributed by atoms with Gasteiger partial charge in [-0.15, -0.1) is 0 Å². The van der Waals surface area contributed by atoms with Gasteiger partial charge in [0.2, 0.25) is 0 Å². The van der Waals surface area contributed by atoms with Crippen molar-refractivity contribution in [2.75, 3.05) is 11.8 Å². The van der Waals surface area contributed by atoms with E-state index in [9.17, 15) is 23.3 Å². The number of carbonyl (C=O) groups is 1.